The number of halogens is 1. The van der Waals surface area contributed by atoms with Gasteiger partial charge < -0.3 is 14.7 Å². The molecule has 4 nitrogen and oxygen atoms in total. The number of benzene rings is 2. The average molecular weight is 359 g/mol. The molecule has 0 heterocycles. The van der Waals surface area contributed by atoms with Crippen molar-refractivity contribution in [3.8, 4) is 0 Å². The minimum absolute atomic E-state index is 0.261. The Morgan fingerprint density at radius 2 is 1.65 bits per heavy atom. The van der Waals surface area contributed by atoms with Crippen LogP contribution < -0.4 is 0 Å². The van der Waals surface area contributed by atoms with Crippen molar-refractivity contribution in [2.75, 3.05) is 13.6 Å². The molecule has 1 amide bonds. The number of aliphatic hydroxyl groups excluding tert-OH is 1. The minimum Gasteiger partial charge on any atom is -0.444 e. The molecule has 2 aromatic carbocycles. The first kappa shape index (κ1) is 19.9. The molecule has 2 rings (SSSR count). The number of hydrogen-bond acceptors (Lipinski definition) is 3. The molecule has 0 saturated heterocycles. The molecular weight excluding hydrogens is 333 g/mol. The molecule has 2 aromatic rings. The Kier molecular flexibility index (Phi) is 6.37. The van der Waals surface area contributed by atoms with Gasteiger partial charge in [0.05, 0.1) is 6.10 Å². The molecule has 0 saturated carbocycles. The summed E-state index contributed by atoms with van der Waals surface area (Å²) in [5, 5.41) is 10.9. The molecule has 2 unspecified atom stereocenters. The summed E-state index contributed by atoms with van der Waals surface area (Å²) in [7, 11) is 1.64. The topological polar surface area (TPSA) is 49.8 Å². The van der Waals surface area contributed by atoms with E-state index in [2.05, 4.69) is 0 Å². The molecule has 140 valence electrons. The van der Waals surface area contributed by atoms with Gasteiger partial charge in [0.25, 0.3) is 0 Å². The number of hydrogen-bond donors (Lipinski definition) is 1. The second-order valence-electron chi connectivity index (χ2n) is 7.37. The molecule has 0 aromatic heterocycles. The second kappa shape index (κ2) is 8.32. The summed E-state index contributed by atoms with van der Waals surface area (Å²) < 4.78 is 18.6. The number of amides is 1. The average Bonchev–Trinajstić information content (AvgIpc) is 2.59. The summed E-state index contributed by atoms with van der Waals surface area (Å²) in [6.07, 6.45) is -1.34. The molecule has 5 heteroatoms. The van der Waals surface area contributed by atoms with E-state index in [0.717, 1.165) is 5.56 Å². The lowest BCUT2D eigenvalue weighted by Crippen LogP contribution is -2.37. The van der Waals surface area contributed by atoms with E-state index in [1.807, 2.05) is 30.3 Å². The standard InChI is InChI=1S/C21H26FNO3/c1-21(2,3)26-20(25)23(4)14-18(15-8-6-5-7-9-15)19(24)16-10-12-17(22)13-11-16/h5-13,18-19,24H,14H2,1-4H3. The highest BCUT2D eigenvalue weighted by molar-refractivity contribution is 5.67. The predicted octanol–water partition coefficient (Wildman–Crippen LogP) is 4.51. The van der Waals surface area contributed by atoms with Crippen molar-refractivity contribution in [1.29, 1.82) is 0 Å². The highest BCUT2D eigenvalue weighted by Gasteiger charge is 2.28. The Labute approximate surface area is 154 Å². The third-order valence-electron chi connectivity index (χ3n) is 4.00. The maximum Gasteiger partial charge on any atom is 0.410 e. The predicted molar refractivity (Wildman–Crippen MR) is 99.4 cm³/mol. The Morgan fingerprint density at radius 1 is 1.08 bits per heavy atom. The van der Waals surface area contributed by atoms with E-state index in [-0.39, 0.29) is 18.3 Å². The molecule has 2 atom stereocenters. The van der Waals surface area contributed by atoms with Crippen LogP contribution in [0.25, 0.3) is 0 Å². The van der Waals surface area contributed by atoms with Crippen molar-refractivity contribution in [3.05, 3.63) is 71.5 Å². The largest absolute Gasteiger partial charge is 0.444 e. The summed E-state index contributed by atoms with van der Waals surface area (Å²) in [6.45, 7) is 5.68. The number of carbonyl (C=O) groups is 1. The maximum atomic E-state index is 13.2. The summed E-state index contributed by atoms with van der Waals surface area (Å²) in [4.78, 5) is 13.8. The minimum atomic E-state index is -0.886. The molecule has 26 heavy (non-hydrogen) atoms. The quantitative estimate of drug-likeness (QED) is 0.854. The highest BCUT2D eigenvalue weighted by atomic mass is 19.1. The first-order valence-corrected chi connectivity index (χ1v) is 8.60. The van der Waals surface area contributed by atoms with Gasteiger partial charge in [0.2, 0.25) is 0 Å². The van der Waals surface area contributed by atoms with Gasteiger partial charge in [-0.15, -0.1) is 0 Å². The summed E-state index contributed by atoms with van der Waals surface area (Å²) in [5.74, 6) is -0.734. The number of ether oxygens (including phenoxy) is 1. The summed E-state index contributed by atoms with van der Waals surface area (Å²) in [6, 6.07) is 15.2. The van der Waals surface area contributed by atoms with Crippen LogP contribution in [-0.2, 0) is 4.74 Å². The number of aliphatic hydroxyl groups is 1. The van der Waals surface area contributed by atoms with E-state index >= 15 is 0 Å². The van der Waals surface area contributed by atoms with Crippen molar-refractivity contribution in [1.82, 2.24) is 4.90 Å². The van der Waals surface area contributed by atoms with E-state index in [0.29, 0.717) is 5.56 Å². The van der Waals surface area contributed by atoms with Gasteiger partial charge >= 0.3 is 6.09 Å². The first-order chi connectivity index (χ1) is 12.2. The molecule has 0 fully saturated rings. The fraction of sp³-hybridized carbons (Fsp3) is 0.381. The van der Waals surface area contributed by atoms with Gasteiger partial charge in [-0.05, 0) is 44.0 Å². The van der Waals surface area contributed by atoms with E-state index in [1.54, 1.807) is 40.0 Å². The maximum absolute atomic E-state index is 13.2. The van der Waals surface area contributed by atoms with E-state index in [9.17, 15) is 14.3 Å². The van der Waals surface area contributed by atoms with Gasteiger partial charge in [-0.25, -0.2) is 9.18 Å². The van der Waals surface area contributed by atoms with Gasteiger partial charge in [-0.2, -0.15) is 0 Å². The third kappa shape index (κ3) is 5.56. The molecule has 0 bridgehead atoms. The fourth-order valence-corrected chi connectivity index (χ4v) is 2.69. The Hall–Kier alpha value is -2.40. The third-order valence-corrected chi connectivity index (χ3v) is 4.00. The van der Waals surface area contributed by atoms with Crippen molar-refractivity contribution in [2.45, 2.75) is 38.4 Å². The molecular formula is C21H26FNO3. The zero-order valence-electron chi connectivity index (χ0n) is 15.6. The lowest BCUT2D eigenvalue weighted by molar-refractivity contribution is 0.0250. The van der Waals surface area contributed by atoms with Crippen molar-refractivity contribution in [2.24, 2.45) is 0 Å². The Bertz CT molecular complexity index is 710. The molecule has 1 N–H and O–H groups in total. The Morgan fingerprint density at radius 3 is 2.19 bits per heavy atom. The molecule has 0 aliphatic carbocycles. The zero-order chi connectivity index (χ0) is 19.3. The van der Waals surface area contributed by atoms with Crippen LogP contribution >= 0.6 is 0 Å². The van der Waals surface area contributed by atoms with Gasteiger partial charge in [-0.3, -0.25) is 0 Å². The number of carbonyl (C=O) groups excluding carboxylic acids is 1. The van der Waals surface area contributed by atoms with E-state index < -0.39 is 17.8 Å². The Balaban J connectivity index is 2.24. The van der Waals surface area contributed by atoms with Gasteiger partial charge in [-0.1, -0.05) is 42.5 Å². The first-order valence-electron chi connectivity index (χ1n) is 8.60. The van der Waals surface area contributed by atoms with Crippen LogP contribution in [0.3, 0.4) is 0 Å². The lowest BCUT2D eigenvalue weighted by Gasteiger charge is -2.30. The van der Waals surface area contributed by atoms with Crippen LogP contribution in [0.2, 0.25) is 0 Å². The number of rotatable bonds is 5. The van der Waals surface area contributed by atoms with E-state index in [1.165, 1.54) is 17.0 Å². The normalized spacial score (nSPS) is 13.8. The van der Waals surface area contributed by atoms with Gasteiger partial charge in [0, 0.05) is 19.5 Å². The molecule has 0 aliphatic rings. The second-order valence-corrected chi connectivity index (χ2v) is 7.37. The fourth-order valence-electron chi connectivity index (χ4n) is 2.69. The van der Waals surface area contributed by atoms with Gasteiger partial charge in [0.1, 0.15) is 11.4 Å². The van der Waals surface area contributed by atoms with Crippen LogP contribution in [0.4, 0.5) is 9.18 Å². The number of nitrogens with zero attached hydrogens (tertiary/aromatic N) is 1. The number of likely N-dealkylation sites (N-methyl/N-ethyl adjacent to an activating group) is 1. The van der Waals surface area contributed by atoms with Crippen LogP contribution in [0.5, 0.6) is 0 Å². The summed E-state index contributed by atoms with van der Waals surface area (Å²) >= 11 is 0. The highest BCUT2D eigenvalue weighted by Crippen LogP contribution is 2.32. The van der Waals surface area contributed by atoms with Gasteiger partial charge in [0.15, 0.2) is 0 Å². The van der Waals surface area contributed by atoms with Crippen LogP contribution in [-0.4, -0.2) is 35.3 Å². The SMILES string of the molecule is CN(CC(c1ccccc1)C(O)c1ccc(F)cc1)C(=O)OC(C)(C)C. The molecule has 0 radical (unpaired) electrons. The van der Waals surface area contributed by atoms with Crippen LogP contribution in [0, 0.1) is 5.82 Å². The zero-order valence-corrected chi connectivity index (χ0v) is 15.6. The van der Waals surface area contributed by atoms with Crippen molar-refractivity contribution >= 4 is 6.09 Å². The monoisotopic (exact) mass is 359 g/mol. The van der Waals surface area contributed by atoms with E-state index in [4.69, 9.17) is 4.74 Å². The molecule has 0 spiro atoms. The summed E-state index contributed by atoms with van der Waals surface area (Å²) in [5.41, 5.74) is 0.890. The van der Waals surface area contributed by atoms with Crippen molar-refractivity contribution in [3.63, 3.8) is 0 Å². The lowest BCUT2D eigenvalue weighted by atomic mass is 9.88. The smallest absolute Gasteiger partial charge is 0.410 e. The van der Waals surface area contributed by atoms with Crippen LogP contribution in [0.1, 0.15) is 43.9 Å². The van der Waals surface area contributed by atoms with Crippen LogP contribution in [0.15, 0.2) is 54.6 Å². The molecule has 0 aliphatic heterocycles. The van der Waals surface area contributed by atoms with Crippen molar-refractivity contribution < 1.29 is 19.0 Å².